The highest BCUT2D eigenvalue weighted by molar-refractivity contribution is 7.93. The fourth-order valence-corrected chi connectivity index (χ4v) is 4.43. The zero-order valence-electron chi connectivity index (χ0n) is 16.6. The van der Waals surface area contributed by atoms with Crippen LogP contribution in [0.1, 0.15) is 23.7 Å². The average Bonchev–Trinajstić information content (AvgIpc) is 3.38. The van der Waals surface area contributed by atoms with Crippen LogP contribution in [0.25, 0.3) is 0 Å². The minimum atomic E-state index is -5.29. The molecule has 2 atom stereocenters. The van der Waals surface area contributed by atoms with E-state index in [0.717, 1.165) is 24.4 Å². The molecule has 14 heteroatoms. The smallest absolute Gasteiger partial charge is 0.370 e. The number of likely N-dealkylation sites (tertiary alicyclic amines) is 2. The van der Waals surface area contributed by atoms with Gasteiger partial charge in [-0.3, -0.25) is 5.10 Å². The maximum absolute atomic E-state index is 14.2. The standard InChI is InChI=1S/C18H20F4N6O3S/c19-15-5-14(32(23,30)18(20,21)22)2-1-12(15)9-31-13-7-28(8-13)17(29)27-4-3-11(6-27)16-24-10-25-26-16/h1-2,5,10-11,13,23H,3-4,6-9H2,(H,24,25,26)/t11-,32?/m0/s1. The van der Waals surface area contributed by atoms with Crippen LogP contribution in [-0.2, 0) is 21.1 Å². The van der Waals surface area contributed by atoms with Gasteiger partial charge in [0.05, 0.1) is 30.7 Å². The van der Waals surface area contributed by atoms with Gasteiger partial charge in [0.1, 0.15) is 18.0 Å². The first kappa shape index (κ1) is 22.5. The maximum Gasteiger partial charge on any atom is 0.483 e. The van der Waals surface area contributed by atoms with Crippen molar-refractivity contribution in [1.29, 1.82) is 4.78 Å². The molecule has 1 aromatic carbocycles. The summed E-state index contributed by atoms with van der Waals surface area (Å²) in [6.07, 6.45) is 1.87. The van der Waals surface area contributed by atoms with Crippen molar-refractivity contribution in [1.82, 2.24) is 25.0 Å². The molecule has 2 aromatic rings. The van der Waals surface area contributed by atoms with Gasteiger partial charge >= 0.3 is 11.5 Å². The molecule has 4 rings (SSSR count). The van der Waals surface area contributed by atoms with Crippen LogP contribution in [0.4, 0.5) is 22.4 Å². The lowest BCUT2D eigenvalue weighted by Gasteiger charge is -2.40. The minimum absolute atomic E-state index is 0.0228. The summed E-state index contributed by atoms with van der Waals surface area (Å²) in [6.45, 7) is 1.54. The van der Waals surface area contributed by atoms with E-state index in [0.29, 0.717) is 32.2 Å². The van der Waals surface area contributed by atoms with Crippen LogP contribution in [0.15, 0.2) is 29.4 Å². The monoisotopic (exact) mass is 476 g/mol. The maximum atomic E-state index is 14.2. The number of hydrogen-bond acceptors (Lipinski definition) is 6. The summed E-state index contributed by atoms with van der Waals surface area (Å²) in [5, 5.41) is 6.63. The fraction of sp³-hybridized carbons (Fsp3) is 0.500. The third kappa shape index (κ3) is 4.28. The van der Waals surface area contributed by atoms with Gasteiger partial charge in [-0.05, 0) is 18.6 Å². The van der Waals surface area contributed by atoms with E-state index in [9.17, 15) is 26.6 Å². The Morgan fingerprint density at radius 1 is 1.28 bits per heavy atom. The predicted octanol–water partition coefficient (Wildman–Crippen LogP) is 2.68. The molecule has 2 aliphatic heterocycles. The number of nitrogens with zero attached hydrogens (tertiary/aromatic N) is 4. The van der Waals surface area contributed by atoms with E-state index >= 15 is 0 Å². The van der Waals surface area contributed by atoms with E-state index < -0.39 is 26.0 Å². The molecule has 1 aromatic heterocycles. The second kappa shape index (κ2) is 8.31. The number of carbonyl (C=O) groups is 1. The van der Waals surface area contributed by atoms with Gasteiger partial charge in [-0.1, -0.05) is 6.07 Å². The number of halogens is 4. The van der Waals surface area contributed by atoms with Gasteiger partial charge in [0.25, 0.3) is 0 Å². The van der Waals surface area contributed by atoms with Crippen LogP contribution >= 0.6 is 0 Å². The SMILES string of the molecule is N=S(=O)(c1ccc(COC2CN(C(=O)N3CC[C@H](c4ncn[nH]4)C3)C2)c(F)c1)C(F)(F)F. The topological polar surface area (TPSA) is 115 Å². The Hall–Kier alpha value is -2.74. The number of aromatic amines is 1. The lowest BCUT2D eigenvalue weighted by molar-refractivity contribution is -0.0494. The van der Waals surface area contributed by atoms with Crippen molar-refractivity contribution in [3.8, 4) is 0 Å². The number of urea groups is 1. The number of benzene rings is 1. The average molecular weight is 476 g/mol. The normalized spacial score (nSPS) is 21.4. The minimum Gasteiger partial charge on any atom is -0.370 e. The van der Waals surface area contributed by atoms with Crippen LogP contribution < -0.4 is 0 Å². The Morgan fingerprint density at radius 3 is 2.66 bits per heavy atom. The van der Waals surface area contributed by atoms with Gasteiger partial charge in [0, 0.05) is 24.6 Å². The zero-order valence-corrected chi connectivity index (χ0v) is 17.5. The molecule has 3 heterocycles. The number of carbonyl (C=O) groups excluding carboxylic acids is 1. The number of aromatic nitrogens is 3. The Balaban J connectivity index is 1.26. The van der Waals surface area contributed by atoms with Crippen LogP contribution in [0.3, 0.4) is 0 Å². The van der Waals surface area contributed by atoms with Gasteiger partial charge in [-0.15, -0.1) is 0 Å². The number of H-pyrrole nitrogens is 1. The van der Waals surface area contributed by atoms with Gasteiger partial charge in [0.15, 0.2) is 9.73 Å². The van der Waals surface area contributed by atoms with Crippen LogP contribution in [0.5, 0.6) is 0 Å². The highest BCUT2D eigenvalue weighted by Crippen LogP contribution is 2.32. The second-order valence-corrected chi connectivity index (χ2v) is 9.72. The van der Waals surface area contributed by atoms with Crippen LogP contribution in [0.2, 0.25) is 0 Å². The first-order valence-corrected chi connectivity index (χ1v) is 11.3. The van der Waals surface area contributed by atoms with Gasteiger partial charge < -0.3 is 14.5 Å². The molecule has 9 nitrogen and oxygen atoms in total. The van der Waals surface area contributed by atoms with Gasteiger partial charge in [0.2, 0.25) is 0 Å². The van der Waals surface area contributed by atoms with Crippen molar-refractivity contribution in [2.24, 2.45) is 0 Å². The van der Waals surface area contributed by atoms with Crippen molar-refractivity contribution in [3.63, 3.8) is 0 Å². The summed E-state index contributed by atoms with van der Waals surface area (Å²) < 4.78 is 76.5. The molecule has 2 amide bonds. The largest absolute Gasteiger partial charge is 0.483 e. The zero-order chi connectivity index (χ0) is 23.1. The predicted molar refractivity (Wildman–Crippen MR) is 102 cm³/mol. The van der Waals surface area contributed by atoms with Crippen LogP contribution in [-0.4, -0.2) is 73.0 Å². The molecule has 2 aliphatic rings. The molecule has 2 saturated heterocycles. The van der Waals surface area contributed by atoms with Crippen molar-refractivity contribution in [2.45, 2.75) is 35.5 Å². The fourth-order valence-electron chi connectivity index (χ4n) is 3.63. The highest BCUT2D eigenvalue weighted by Gasteiger charge is 2.43. The molecule has 0 spiro atoms. The Labute approximate surface area is 180 Å². The summed E-state index contributed by atoms with van der Waals surface area (Å²) in [7, 11) is -5.12. The van der Waals surface area contributed by atoms with Crippen molar-refractivity contribution in [3.05, 3.63) is 41.7 Å². The summed E-state index contributed by atoms with van der Waals surface area (Å²) in [6, 6.07) is 2.18. The molecule has 0 bridgehead atoms. The summed E-state index contributed by atoms with van der Waals surface area (Å²) >= 11 is 0. The molecule has 32 heavy (non-hydrogen) atoms. The highest BCUT2D eigenvalue weighted by atomic mass is 32.2. The van der Waals surface area contributed by atoms with E-state index in [4.69, 9.17) is 9.52 Å². The molecule has 2 N–H and O–H groups in total. The number of ether oxygens (including phenoxy) is 1. The number of hydrogen-bond donors (Lipinski definition) is 2. The molecular formula is C18H20F4N6O3S. The molecule has 0 radical (unpaired) electrons. The van der Waals surface area contributed by atoms with E-state index in [1.54, 1.807) is 9.80 Å². The van der Waals surface area contributed by atoms with E-state index in [1.165, 1.54) is 6.33 Å². The lowest BCUT2D eigenvalue weighted by Crippen LogP contribution is -2.58. The molecule has 0 saturated carbocycles. The molecule has 174 valence electrons. The Kier molecular flexibility index (Phi) is 5.83. The summed E-state index contributed by atoms with van der Waals surface area (Å²) in [5.41, 5.74) is -5.31. The first-order valence-electron chi connectivity index (χ1n) is 9.70. The van der Waals surface area contributed by atoms with Gasteiger partial charge in [-0.25, -0.2) is 23.2 Å². The third-order valence-electron chi connectivity index (χ3n) is 5.55. The van der Waals surface area contributed by atoms with Crippen molar-refractivity contribution in [2.75, 3.05) is 26.2 Å². The number of amides is 2. The summed E-state index contributed by atoms with van der Waals surface area (Å²) in [4.78, 5) is 19.1. The molecule has 1 unspecified atom stereocenters. The van der Waals surface area contributed by atoms with Crippen molar-refractivity contribution >= 4 is 15.8 Å². The number of rotatable bonds is 5. The number of alkyl halides is 3. The molecular weight excluding hydrogens is 456 g/mol. The number of nitrogens with one attached hydrogen (secondary N) is 2. The Morgan fingerprint density at radius 2 is 2.03 bits per heavy atom. The summed E-state index contributed by atoms with van der Waals surface area (Å²) in [5.74, 6) is -0.180. The third-order valence-corrected chi connectivity index (χ3v) is 7.12. The van der Waals surface area contributed by atoms with E-state index in [2.05, 4.69) is 15.2 Å². The quantitative estimate of drug-likeness (QED) is 0.644. The molecule has 0 aliphatic carbocycles. The van der Waals surface area contributed by atoms with Crippen LogP contribution in [0, 0.1) is 10.6 Å². The Bertz CT molecular complexity index is 1090. The lowest BCUT2D eigenvalue weighted by atomic mass is 10.1. The second-order valence-electron chi connectivity index (χ2n) is 7.68. The van der Waals surface area contributed by atoms with Gasteiger partial charge in [-0.2, -0.15) is 18.3 Å². The van der Waals surface area contributed by atoms with E-state index in [-0.39, 0.29) is 30.2 Å². The first-order chi connectivity index (χ1) is 15.1. The molecule has 2 fully saturated rings. The van der Waals surface area contributed by atoms with E-state index in [1.807, 2.05) is 0 Å². The van der Waals surface area contributed by atoms with Crippen molar-refractivity contribution < 1.29 is 31.3 Å².